The van der Waals surface area contributed by atoms with Crippen LogP contribution in [-0.4, -0.2) is 28.1 Å². The van der Waals surface area contributed by atoms with E-state index in [9.17, 15) is 27.2 Å². The highest BCUT2D eigenvalue weighted by molar-refractivity contribution is 14.1. The molecule has 0 bridgehead atoms. The Kier molecular flexibility index (Phi) is 5.80. The lowest BCUT2D eigenvalue weighted by Gasteiger charge is -2.10. The molecule has 0 aliphatic carbocycles. The number of carbonyl (C=O) groups is 2. The SMILES string of the molecule is CCOC(=O)c1cc(I)nn1CC(=O)c1ccc(F)c(C(F)(F)F)c1. The van der Waals surface area contributed by atoms with Crippen LogP contribution < -0.4 is 0 Å². The van der Waals surface area contributed by atoms with Crippen LogP contribution >= 0.6 is 22.6 Å². The third-order valence-corrected chi connectivity index (χ3v) is 3.65. The quantitative estimate of drug-likeness (QED) is 0.290. The summed E-state index contributed by atoms with van der Waals surface area (Å²) in [5.74, 6) is -2.93. The van der Waals surface area contributed by atoms with Crippen LogP contribution in [0.1, 0.15) is 33.3 Å². The van der Waals surface area contributed by atoms with Gasteiger partial charge in [-0.05, 0) is 47.7 Å². The van der Waals surface area contributed by atoms with Crippen LogP contribution in [0.3, 0.4) is 0 Å². The van der Waals surface area contributed by atoms with Crippen molar-refractivity contribution >= 4 is 34.3 Å². The lowest BCUT2D eigenvalue weighted by molar-refractivity contribution is -0.140. The maximum absolute atomic E-state index is 13.3. The number of rotatable bonds is 5. The fourth-order valence-corrected chi connectivity index (χ4v) is 2.57. The first kappa shape index (κ1) is 19.3. The minimum absolute atomic E-state index is 0.00208. The third-order valence-electron chi connectivity index (χ3n) is 3.12. The number of nitrogens with zero attached hydrogens (tertiary/aromatic N) is 2. The van der Waals surface area contributed by atoms with Gasteiger partial charge in [0.15, 0.2) is 5.78 Å². The molecular formula is C15H11F4IN2O3. The second-order valence-corrected chi connectivity index (χ2v) is 5.95. The Labute approximate surface area is 153 Å². The van der Waals surface area contributed by atoms with E-state index in [1.165, 1.54) is 6.07 Å². The molecule has 134 valence electrons. The Morgan fingerprint density at radius 2 is 1.96 bits per heavy atom. The molecule has 5 nitrogen and oxygen atoms in total. The van der Waals surface area contributed by atoms with Gasteiger partial charge in [0, 0.05) is 11.6 Å². The van der Waals surface area contributed by atoms with Gasteiger partial charge in [-0.15, -0.1) is 0 Å². The molecule has 0 saturated carbocycles. The second-order valence-electron chi connectivity index (χ2n) is 4.85. The number of ketones is 1. The predicted octanol–water partition coefficient (Wildman–Crippen LogP) is 3.71. The predicted molar refractivity (Wildman–Crippen MR) is 86.6 cm³/mol. The number of aromatic nitrogens is 2. The zero-order chi connectivity index (χ0) is 18.8. The highest BCUT2D eigenvalue weighted by Gasteiger charge is 2.34. The van der Waals surface area contributed by atoms with Gasteiger partial charge in [0.05, 0.1) is 12.2 Å². The maximum Gasteiger partial charge on any atom is 0.419 e. The van der Waals surface area contributed by atoms with E-state index in [2.05, 4.69) is 5.10 Å². The lowest BCUT2D eigenvalue weighted by atomic mass is 10.1. The highest BCUT2D eigenvalue weighted by Crippen LogP contribution is 2.32. The molecule has 0 aliphatic rings. The summed E-state index contributed by atoms with van der Waals surface area (Å²) < 4.78 is 57.8. The number of ether oxygens (including phenoxy) is 1. The lowest BCUT2D eigenvalue weighted by Crippen LogP contribution is -2.19. The Morgan fingerprint density at radius 3 is 2.56 bits per heavy atom. The molecule has 0 aliphatic heterocycles. The van der Waals surface area contributed by atoms with Gasteiger partial charge >= 0.3 is 12.1 Å². The van der Waals surface area contributed by atoms with Crippen LogP contribution in [0.5, 0.6) is 0 Å². The van der Waals surface area contributed by atoms with Crippen molar-refractivity contribution < 1.29 is 31.9 Å². The summed E-state index contributed by atoms with van der Waals surface area (Å²) in [6, 6.07) is 3.36. The number of hydrogen-bond acceptors (Lipinski definition) is 4. The Morgan fingerprint density at radius 1 is 1.28 bits per heavy atom. The number of benzene rings is 1. The number of alkyl halides is 3. The summed E-state index contributed by atoms with van der Waals surface area (Å²) >= 11 is 1.82. The van der Waals surface area contributed by atoms with Crippen molar-refractivity contribution in [1.82, 2.24) is 9.78 Å². The summed E-state index contributed by atoms with van der Waals surface area (Å²) in [5, 5.41) is 3.95. The Balaban J connectivity index is 2.31. The molecule has 0 saturated heterocycles. The minimum Gasteiger partial charge on any atom is -0.461 e. The summed E-state index contributed by atoms with van der Waals surface area (Å²) in [6.07, 6.45) is -4.92. The summed E-state index contributed by atoms with van der Waals surface area (Å²) in [7, 11) is 0. The van der Waals surface area contributed by atoms with Crippen molar-refractivity contribution in [2.45, 2.75) is 19.6 Å². The van der Waals surface area contributed by atoms with Crippen LogP contribution in [0.15, 0.2) is 24.3 Å². The third kappa shape index (κ3) is 4.55. The summed E-state index contributed by atoms with van der Waals surface area (Å²) in [4.78, 5) is 24.1. The fourth-order valence-electron chi connectivity index (χ4n) is 2.02. The molecular weight excluding hydrogens is 459 g/mol. The van der Waals surface area contributed by atoms with Crippen LogP contribution in [0, 0.1) is 9.52 Å². The van der Waals surface area contributed by atoms with Crippen LogP contribution in [-0.2, 0) is 17.5 Å². The van der Waals surface area contributed by atoms with Gasteiger partial charge in [-0.3, -0.25) is 4.79 Å². The molecule has 25 heavy (non-hydrogen) atoms. The molecule has 1 aromatic heterocycles. The molecule has 0 fully saturated rings. The van der Waals surface area contributed by atoms with Crippen molar-refractivity contribution in [2.75, 3.05) is 6.61 Å². The van der Waals surface area contributed by atoms with Crippen molar-refractivity contribution in [2.24, 2.45) is 0 Å². The fraction of sp³-hybridized carbons (Fsp3) is 0.267. The van der Waals surface area contributed by atoms with Gasteiger partial charge in [-0.25, -0.2) is 13.9 Å². The maximum atomic E-state index is 13.3. The average Bonchev–Trinajstić information content (AvgIpc) is 2.87. The number of Topliss-reactive ketones (excluding diaryl/α,β-unsaturated/α-hetero) is 1. The molecule has 2 rings (SSSR count). The Hall–Kier alpha value is -1.98. The standard InChI is InChI=1S/C15H11F4IN2O3/c1-2-25-14(24)11-6-13(20)21-22(11)7-12(23)8-3-4-10(16)9(5-8)15(17,18)19/h3-6H,2,7H2,1H3. The Bertz CT molecular complexity index is 818. The van der Waals surface area contributed by atoms with Crippen LogP contribution in [0.25, 0.3) is 0 Å². The van der Waals surface area contributed by atoms with Crippen LogP contribution in [0.4, 0.5) is 17.6 Å². The van der Waals surface area contributed by atoms with E-state index in [0.717, 1.165) is 10.7 Å². The van der Waals surface area contributed by atoms with E-state index < -0.39 is 35.9 Å². The van der Waals surface area contributed by atoms with E-state index >= 15 is 0 Å². The van der Waals surface area contributed by atoms with Crippen molar-refractivity contribution in [3.8, 4) is 0 Å². The largest absolute Gasteiger partial charge is 0.461 e. The number of hydrogen-bond donors (Lipinski definition) is 0. The molecule has 0 unspecified atom stereocenters. The average molecular weight is 470 g/mol. The van der Waals surface area contributed by atoms with Gasteiger partial charge in [-0.1, -0.05) is 0 Å². The van der Waals surface area contributed by atoms with Gasteiger partial charge in [-0.2, -0.15) is 18.3 Å². The molecule has 1 heterocycles. The van der Waals surface area contributed by atoms with Crippen LogP contribution in [0.2, 0.25) is 0 Å². The molecule has 10 heteroatoms. The first-order chi connectivity index (χ1) is 11.6. The molecule has 0 N–H and O–H groups in total. The van der Waals surface area contributed by atoms with E-state index in [1.807, 2.05) is 22.6 Å². The normalized spacial score (nSPS) is 11.4. The first-order valence-corrected chi connectivity index (χ1v) is 8.01. The van der Waals surface area contributed by atoms with Crippen molar-refractivity contribution in [3.05, 3.63) is 50.6 Å². The molecule has 2 aromatic rings. The molecule has 0 atom stereocenters. The molecule has 0 amide bonds. The van der Waals surface area contributed by atoms with Gasteiger partial charge in [0.1, 0.15) is 21.8 Å². The number of esters is 1. The second kappa shape index (κ2) is 7.50. The molecule has 1 aromatic carbocycles. The van der Waals surface area contributed by atoms with E-state index in [0.29, 0.717) is 15.8 Å². The number of carbonyl (C=O) groups excluding carboxylic acids is 2. The molecule has 0 radical (unpaired) electrons. The monoisotopic (exact) mass is 470 g/mol. The van der Waals surface area contributed by atoms with Gasteiger partial charge < -0.3 is 4.74 Å². The van der Waals surface area contributed by atoms with Crippen molar-refractivity contribution in [1.29, 1.82) is 0 Å². The van der Waals surface area contributed by atoms with E-state index in [1.54, 1.807) is 6.92 Å². The zero-order valence-electron chi connectivity index (χ0n) is 12.7. The highest BCUT2D eigenvalue weighted by atomic mass is 127. The van der Waals surface area contributed by atoms with Gasteiger partial charge in [0.25, 0.3) is 0 Å². The zero-order valence-corrected chi connectivity index (χ0v) is 14.9. The summed E-state index contributed by atoms with van der Waals surface area (Å²) in [6.45, 7) is 1.23. The number of halogens is 5. The van der Waals surface area contributed by atoms with Crippen molar-refractivity contribution in [3.63, 3.8) is 0 Å². The smallest absolute Gasteiger partial charge is 0.419 e. The summed E-state index contributed by atoms with van der Waals surface area (Å²) in [5.41, 5.74) is -1.87. The topological polar surface area (TPSA) is 61.2 Å². The molecule has 0 spiro atoms. The van der Waals surface area contributed by atoms with Gasteiger partial charge in [0.2, 0.25) is 0 Å². The minimum atomic E-state index is -4.92. The van der Waals surface area contributed by atoms with E-state index in [-0.39, 0.29) is 17.9 Å². The first-order valence-electron chi connectivity index (χ1n) is 6.94. The van der Waals surface area contributed by atoms with E-state index in [4.69, 9.17) is 4.74 Å².